The van der Waals surface area contributed by atoms with Crippen LogP contribution in [0.2, 0.25) is 0 Å². The van der Waals surface area contributed by atoms with E-state index in [1.165, 1.54) is 9.75 Å². The molecule has 1 saturated carbocycles. The summed E-state index contributed by atoms with van der Waals surface area (Å²) in [7, 11) is 0. The molecular weight excluding hydrogens is 178 g/mol. The summed E-state index contributed by atoms with van der Waals surface area (Å²) in [6.07, 6.45) is 0. The molecule has 1 heterocycles. The van der Waals surface area contributed by atoms with Crippen molar-refractivity contribution in [2.75, 3.05) is 6.54 Å². The summed E-state index contributed by atoms with van der Waals surface area (Å²) in [6, 6.07) is 4.48. The van der Waals surface area contributed by atoms with Crippen molar-refractivity contribution in [1.29, 1.82) is 0 Å². The molecule has 0 amide bonds. The third-order valence-electron chi connectivity index (χ3n) is 3.37. The quantitative estimate of drug-likeness (QED) is 0.771. The molecule has 0 radical (unpaired) electrons. The maximum Gasteiger partial charge on any atom is 0.00879 e. The summed E-state index contributed by atoms with van der Waals surface area (Å²) in [4.78, 5) is 2.94. The summed E-state index contributed by atoms with van der Waals surface area (Å²) < 4.78 is 0. The highest BCUT2D eigenvalue weighted by atomic mass is 32.1. The first-order chi connectivity index (χ1) is 6.07. The SMILES string of the molecule is Cc1ccc([C@H]2[C@H](CN)C2(C)C)s1. The van der Waals surface area contributed by atoms with E-state index >= 15 is 0 Å². The van der Waals surface area contributed by atoms with Gasteiger partial charge in [-0.15, -0.1) is 11.3 Å². The molecule has 2 atom stereocenters. The van der Waals surface area contributed by atoms with Crippen LogP contribution in [-0.4, -0.2) is 6.54 Å². The Morgan fingerprint density at radius 2 is 2.15 bits per heavy atom. The molecule has 1 aliphatic carbocycles. The van der Waals surface area contributed by atoms with Gasteiger partial charge < -0.3 is 5.73 Å². The van der Waals surface area contributed by atoms with E-state index in [-0.39, 0.29) is 0 Å². The van der Waals surface area contributed by atoms with Gasteiger partial charge in [0.1, 0.15) is 0 Å². The van der Waals surface area contributed by atoms with E-state index in [4.69, 9.17) is 5.73 Å². The fraction of sp³-hybridized carbons (Fsp3) is 0.636. The van der Waals surface area contributed by atoms with E-state index in [1.54, 1.807) is 0 Å². The van der Waals surface area contributed by atoms with Crippen LogP contribution in [0.3, 0.4) is 0 Å². The molecule has 13 heavy (non-hydrogen) atoms. The summed E-state index contributed by atoms with van der Waals surface area (Å²) >= 11 is 1.92. The molecule has 0 saturated heterocycles. The Balaban J connectivity index is 2.21. The Morgan fingerprint density at radius 1 is 1.46 bits per heavy atom. The summed E-state index contributed by atoms with van der Waals surface area (Å²) in [5.74, 6) is 1.42. The van der Waals surface area contributed by atoms with Gasteiger partial charge in [0.2, 0.25) is 0 Å². The largest absolute Gasteiger partial charge is 0.330 e. The molecule has 2 rings (SSSR count). The molecule has 0 unspecified atom stereocenters. The standard InChI is InChI=1S/C11H17NS/c1-7-4-5-9(13-7)10-8(6-12)11(10,2)3/h4-5,8,10H,6,12H2,1-3H3/t8-,10+/m0/s1. The zero-order chi connectivity index (χ0) is 9.64. The van der Waals surface area contributed by atoms with Crippen LogP contribution in [0.25, 0.3) is 0 Å². The van der Waals surface area contributed by atoms with Gasteiger partial charge in [-0.1, -0.05) is 13.8 Å². The van der Waals surface area contributed by atoms with E-state index in [1.807, 2.05) is 11.3 Å². The van der Waals surface area contributed by atoms with Gasteiger partial charge in [-0.2, -0.15) is 0 Å². The van der Waals surface area contributed by atoms with Gasteiger partial charge in [0.25, 0.3) is 0 Å². The number of rotatable bonds is 2. The average molecular weight is 195 g/mol. The number of hydrogen-bond acceptors (Lipinski definition) is 2. The van der Waals surface area contributed by atoms with Gasteiger partial charge in [0, 0.05) is 15.7 Å². The van der Waals surface area contributed by atoms with Crippen LogP contribution in [0.4, 0.5) is 0 Å². The fourth-order valence-corrected chi connectivity index (χ4v) is 3.61. The monoisotopic (exact) mass is 195 g/mol. The van der Waals surface area contributed by atoms with Crippen molar-refractivity contribution in [3.05, 3.63) is 21.9 Å². The smallest absolute Gasteiger partial charge is 0.00879 e. The molecule has 72 valence electrons. The van der Waals surface area contributed by atoms with Crippen molar-refractivity contribution in [1.82, 2.24) is 0 Å². The van der Waals surface area contributed by atoms with Crippen molar-refractivity contribution < 1.29 is 0 Å². The second-order valence-electron chi connectivity index (χ2n) is 4.59. The van der Waals surface area contributed by atoms with E-state index in [0.29, 0.717) is 11.3 Å². The molecule has 2 N–H and O–H groups in total. The zero-order valence-electron chi connectivity index (χ0n) is 8.50. The van der Waals surface area contributed by atoms with E-state index in [0.717, 1.165) is 12.5 Å². The molecule has 1 nitrogen and oxygen atoms in total. The lowest BCUT2D eigenvalue weighted by molar-refractivity contribution is 0.559. The third-order valence-corrected chi connectivity index (χ3v) is 4.46. The Labute approximate surface area is 84.0 Å². The lowest BCUT2D eigenvalue weighted by atomic mass is 10.1. The van der Waals surface area contributed by atoms with Crippen LogP contribution in [-0.2, 0) is 0 Å². The second kappa shape index (κ2) is 2.82. The van der Waals surface area contributed by atoms with E-state index < -0.39 is 0 Å². The first kappa shape index (κ1) is 9.22. The summed E-state index contributed by atoms with van der Waals surface area (Å²) in [6.45, 7) is 7.64. The maximum absolute atomic E-state index is 5.75. The van der Waals surface area contributed by atoms with Crippen LogP contribution < -0.4 is 5.73 Å². The predicted octanol–water partition coefficient (Wildman–Crippen LogP) is 2.75. The Kier molecular flexibility index (Phi) is 2.00. The van der Waals surface area contributed by atoms with Gasteiger partial charge >= 0.3 is 0 Å². The third kappa shape index (κ3) is 1.32. The molecule has 1 aromatic heterocycles. The van der Waals surface area contributed by atoms with Crippen LogP contribution in [0.15, 0.2) is 12.1 Å². The Morgan fingerprint density at radius 3 is 2.54 bits per heavy atom. The lowest BCUT2D eigenvalue weighted by Crippen LogP contribution is -2.05. The van der Waals surface area contributed by atoms with Gasteiger partial charge in [-0.3, -0.25) is 0 Å². The van der Waals surface area contributed by atoms with E-state index in [9.17, 15) is 0 Å². The van der Waals surface area contributed by atoms with Gasteiger partial charge in [0.05, 0.1) is 0 Å². The molecule has 1 fully saturated rings. The number of aryl methyl sites for hydroxylation is 1. The number of hydrogen-bond donors (Lipinski definition) is 1. The highest BCUT2D eigenvalue weighted by Gasteiger charge is 2.57. The van der Waals surface area contributed by atoms with Crippen LogP contribution >= 0.6 is 11.3 Å². The number of nitrogens with two attached hydrogens (primary N) is 1. The highest BCUT2D eigenvalue weighted by Crippen LogP contribution is 2.64. The van der Waals surface area contributed by atoms with Crippen LogP contribution in [0.1, 0.15) is 29.5 Å². The molecule has 0 spiro atoms. The van der Waals surface area contributed by atoms with Gasteiger partial charge in [-0.05, 0) is 36.9 Å². The normalized spacial score (nSPS) is 30.5. The fourth-order valence-electron chi connectivity index (χ4n) is 2.37. The Bertz CT molecular complexity index is 314. The molecule has 1 aromatic rings. The molecule has 0 aliphatic heterocycles. The van der Waals surface area contributed by atoms with Crippen LogP contribution in [0.5, 0.6) is 0 Å². The van der Waals surface area contributed by atoms with Crippen molar-refractivity contribution >= 4 is 11.3 Å². The second-order valence-corrected chi connectivity index (χ2v) is 5.91. The molecular formula is C11H17NS. The predicted molar refractivity (Wildman–Crippen MR) is 58.1 cm³/mol. The first-order valence-electron chi connectivity index (χ1n) is 4.83. The van der Waals surface area contributed by atoms with Gasteiger partial charge in [0.15, 0.2) is 0 Å². The van der Waals surface area contributed by atoms with Crippen molar-refractivity contribution in [3.8, 4) is 0 Å². The minimum absolute atomic E-state index is 0.437. The number of thiophene rings is 1. The summed E-state index contributed by atoms with van der Waals surface area (Å²) in [5.41, 5.74) is 6.19. The molecule has 0 bridgehead atoms. The van der Waals surface area contributed by atoms with Crippen molar-refractivity contribution in [3.63, 3.8) is 0 Å². The average Bonchev–Trinajstić information content (AvgIpc) is 2.41. The van der Waals surface area contributed by atoms with Crippen molar-refractivity contribution in [2.45, 2.75) is 26.7 Å². The van der Waals surface area contributed by atoms with Crippen LogP contribution in [0, 0.1) is 18.3 Å². The maximum atomic E-state index is 5.75. The minimum Gasteiger partial charge on any atom is -0.330 e. The molecule has 1 aliphatic rings. The topological polar surface area (TPSA) is 26.0 Å². The first-order valence-corrected chi connectivity index (χ1v) is 5.65. The molecule has 2 heteroatoms. The van der Waals surface area contributed by atoms with Gasteiger partial charge in [-0.25, -0.2) is 0 Å². The zero-order valence-corrected chi connectivity index (χ0v) is 9.32. The lowest BCUT2D eigenvalue weighted by Gasteiger charge is -1.98. The Hall–Kier alpha value is -0.340. The highest BCUT2D eigenvalue weighted by molar-refractivity contribution is 7.12. The summed E-state index contributed by atoms with van der Waals surface area (Å²) in [5, 5.41) is 0. The minimum atomic E-state index is 0.437. The molecule has 0 aromatic carbocycles. The van der Waals surface area contributed by atoms with E-state index in [2.05, 4.69) is 32.9 Å². The van der Waals surface area contributed by atoms with Crippen molar-refractivity contribution in [2.24, 2.45) is 17.1 Å².